The molecule has 0 saturated carbocycles. The first-order valence-corrected chi connectivity index (χ1v) is 9.38. The van der Waals surface area contributed by atoms with Crippen LogP contribution in [0.5, 0.6) is 0 Å². The smallest absolute Gasteiger partial charge is 0.248 e. The van der Waals surface area contributed by atoms with E-state index in [1.807, 2.05) is 23.2 Å². The molecular formula is C19H27N3O3. The van der Waals surface area contributed by atoms with Crippen molar-refractivity contribution in [1.29, 1.82) is 0 Å². The molecule has 1 aromatic rings. The number of ether oxygens (including phenoxy) is 2. The van der Waals surface area contributed by atoms with Crippen molar-refractivity contribution in [2.75, 3.05) is 39.4 Å². The molecule has 0 unspecified atom stereocenters. The number of nitrogens with zero attached hydrogens (tertiary/aromatic N) is 3. The average Bonchev–Trinajstić information content (AvgIpc) is 3.14. The van der Waals surface area contributed by atoms with Crippen molar-refractivity contribution in [3.8, 4) is 0 Å². The number of pyridine rings is 1. The van der Waals surface area contributed by atoms with Gasteiger partial charge in [-0.05, 0) is 31.4 Å². The molecule has 1 atom stereocenters. The quantitative estimate of drug-likeness (QED) is 0.809. The standard InChI is InChI=1S/C19H27N3O3/c23-18(22-8-3-4-9-22)13-24-17-6-10-25-19(11-17)14-21(15-19)12-16-5-1-2-7-20-16/h1-2,5,7,17H,3-4,6,8-15H2/t17-/m0/s1. The van der Waals surface area contributed by atoms with Crippen LogP contribution in [0.1, 0.15) is 31.4 Å². The first-order valence-electron chi connectivity index (χ1n) is 9.38. The van der Waals surface area contributed by atoms with E-state index in [9.17, 15) is 4.79 Å². The van der Waals surface area contributed by atoms with E-state index in [-0.39, 0.29) is 24.2 Å². The number of amides is 1. The lowest BCUT2D eigenvalue weighted by molar-refractivity contribution is -0.200. The van der Waals surface area contributed by atoms with Crippen LogP contribution < -0.4 is 0 Å². The second-order valence-corrected chi connectivity index (χ2v) is 7.51. The summed E-state index contributed by atoms with van der Waals surface area (Å²) in [5, 5.41) is 0. The predicted molar refractivity (Wildman–Crippen MR) is 93.0 cm³/mol. The van der Waals surface area contributed by atoms with Gasteiger partial charge in [0.2, 0.25) is 5.91 Å². The highest BCUT2D eigenvalue weighted by atomic mass is 16.5. The minimum absolute atomic E-state index is 0.0889. The van der Waals surface area contributed by atoms with Crippen LogP contribution in [0.15, 0.2) is 24.4 Å². The molecule has 136 valence electrons. The number of carbonyl (C=O) groups is 1. The Hall–Kier alpha value is -1.50. The molecule has 25 heavy (non-hydrogen) atoms. The van der Waals surface area contributed by atoms with Crippen molar-refractivity contribution in [2.45, 2.75) is 43.9 Å². The van der Waals surface area contributed by atoms with Crippen LogP contribution in [0, 0.1) is 0 Å². The van der Waals surface area contributed by atoms with Gasteiger partial charge in [0, 0.05) is 51.9 Å². The largest absolute Gasteiger partial charge is 0.372 e. The van der Waals surface area contributed by atoms with Crippen LogP contribution in [0.25, 0.3) is 0 Å². The molecule has 1 aromatic heterocycles. The Labute approximate surface area is 149 Å². The third kappa shape index (κ3) is 4.02. The summed E-state index contributed by atoms with van der Waals surface area (Å²) in [7, 11) is 0. The summed E-state index contributed by atoms with van der Waals surface area (Å²) < 4.78 is 12.0. The predicted octanol–water partition coefficient (Wildman–Crippen LogP) is 1.45. The van der Waals surface area contributed by atoms with Crippen LogP contribution in [0.2, 0.25) is 0 Å². The van der Waals surface area contributed by atoms with Crippen molar-refractivity contribution < 1.29 is 14.3 Å². The van der Waals surface area contributed by atoms with Crippen molar-refractivity contribution >= 4 is 5.91 Å². The topological polar surface area (TPSA) is 54.9 Å². The fourth-order valence-corrected chi connectivity index (χ4v) is 4.19. The Morgan fingerprint density at radius 1 is 1.32 bits per heavy atom. The van der Waals surface area contributed by atoms with Crippen molar-refractivity contribution in [3.63, 3.8) is 0 Å². The summed E-state index contributed by atoms with van der Waals surface area (Å²) in [5.74, 6) is 0.142. The van der Waals surface area contributed by atoms with Crippen LogP contribution in [0.3, 0.4) is 0 Å². The molecule has 4 heterocycles. The molecule has 1 spiro atoms. The Morgan fingerprint density at radius 3 is 2.92 bits per heavy atom. The van der Waals surface area contributed by atoms with Crippen molar-refractivity contribution in [1.82, 2.24) is 14.8 Å². The van der Waals surface area contributed by atoms with Gasteiger partial charge in [0.05, 0.1) is 17.4 Å². The average molecular weight is 345 g/mol. The fourth-order valence-electron chi connectivity index (χ4n) is 4.19. The van der Waals surface area contributed by atoms with E-state index in [4.69, 9.17) is 9.47 Å². The maximum Gasteiger partial charge on any atom is 0.248 e. The summed E-state index contributed by atoms with van der Waals surface area (Å²) in [6, 6.07) is 6.02. The van der Waals surface area contributed by atoms with E-state index in [2.05, 4.69) is 16.0 Å². The summed E-state index contributed by atoms with van der Waals surface area (Å²) >= 11 is 0. The molecule has 6 nitrogen and oxygen atoms in total. The summed E-state index contributed by atoms with van der Waals surface area (Å²) in [6.07, 6.45) is 5.99. The first kappa shape index (κ1) is 16.9. The summed E-state index contributed by atoms with van der Waals surface area (Å²) in [4.78, 5) is 20.8. The number of rotatable bonds is 5. The van der Waals surface area contributed by atoms with E-state index >= 15 is 0 Å². The molecule has 0 bridgehead atoms. The zero-order valence-electron chi connectivity index (χ0n) is 14.7. The van der Waals surface area contributed by atoms with E-state index in [0.717, 1.165) is 70.7 Å². The highest BCUT2D eigenvalue weighted by Gasteiger charge is 2.47. The second-order valence-electron chi connectivity index (χ2n) is 7.51. The van der Waals surface area contributed by atoms with E-state index < -0.39 is 0 Å². The Bertz CT molecular complexity index is 583. The molecule has 0 aliphatic carbocycles. The molecule has 3 aliphatic rings. The lowest BCUT2D eigenvalue weighted by Crippen LogP contribution is -2.65. The highest BCUT2D eigenvalue weighted by molar-refractivity contribution is 5.77. The van der Waals surface area contributed by atoms with Gasteiger partial charge in [-0.25, -0.2) is 0 Å². The normalized spacial score (nSPS) is 25.9. The van der Waals surface area contributed by atoms with Gasteiger partial charge >= 0.3 is 0 Å². The Balaban J connectivity index is 1.22. The third-order valence-corrected chi connectivity index (χ3v) is 5.48. The molecular weight excluding hydrogens is 318 g/mol. The fraction of sp³-hybridized carbons (Fsp3) is 0.684. The minimum atomic E-state index is -0.0889. The first-order chi connectivity index (χ1) is 12.2. The molecule has 0 aromatic carbocycles. The molecule has 1 amide bonds. The van der Waals surface area contributed by atoms with Gasteiger partial charge in [0.15, 0.2) is 0 Å². The van der Waals surface area contributed by atoms with Gasteiger partial charge in [-0.1, -0.05) is 6.07 Å². The highest BCUT2D eigenvalue weighted by Crippen LogP contribution is 2.35. The number of aromatic nitrogens is 1. The number of hydrogen-bond donors (Lipinski definition) is 0. The molecule has 3 saturated heterocycles. The van der Waals surface area contributed by atoms with Crippen molar-refractivity contribution in [3.05, 3.63) is 30.1 Å². The molecule has 3 aliphatic heterocycles. The van der Waals surface area contributed by atoms with E-state index in [1.165, 1.54) is 0 Å². The van der Waals surface area contributed by atoms with Crippen LogP contribution in [0.4, 0.5) is 0 Å². The van der Waals surface area contributed by atoms with Crippen LogP contribution >= 0.6 is 0 Å². The van der Waals surface area contributed by atoms with Gasteiger partial charge in [0.25, 0.3) is 0 Å². The maximum absolute atomic E-state index is 12.1. The molecule has 0 radical (unpaired) electrons. The van der Waals surface area contributed by atoms with Gasteiger partial charge in [-0.3, -0.25) is 14.7 Å². The van der Waals surface area contributed by atoms with Crippen molar-refractivity contribution in [2.24, 2.45) is 0 Å². The Kier molecular flexibility index (Phi) is 5.01. The van der Waals surface area contributed by atoms with Gasteiger partial charge < -0.3 is 14.4 Å². The third-order valence-electron chi connectivity index (χ3n) is 5.48. The number of hydrogen-bond acceptors (Lipinski definition) is 5. The van der Waals surface area contributed by atoms with Gasteiger partial charge in [-0.2, -0.15) is 0 Å². The SMILES string of the molecule is O=C(CO[C@H]1CCOC2(C1)CN(Cc1ccccn1)C2)N1CCCC1. The summed E-state index contributed by atoms with van der Waals surface area (Å²) in [5.41, 5.74) is 1.01. The summed E-state index contributed by atoms with van der Waals surface area (Å²) in [6.45, 7) is 5.43. The molecule has 4 rings (SSSR count). The number of likely N-dealkylation sites (tertiary alicyclic amines) is 2. The van der Waals surface area contributed by atoms with E-state index in [0.29, 0.717) is 0 Å². The second kappa shape index (κ2) is 7.40. The molecule has 3 fully saturated rings. The molecule has 0 N–H and O–H groups in total. The van der Waals surface area contributed by atoms with Crippen LogP contribution in [-0.4, -0.2) is 71.8 Å². The molecule has 6 heteroatoms. The minimum Gasteiger partial charge on any atom is -0.372 e. The zero-order chi connectivity index (χ0) is 17.1. The van der Waals surface area contributed by atoms with E-state index in [1.54, 1.807) is 0 Å². The monoisotopic (exact) mass is 345 g/mol. The number of carbonyl (C=O) groups excluding carboxylic acids is 1. The van der Waals surface area contributed by atoms with Gasteiger partial charge in [0.1, 0.15) is 6.61 Å². The lowest BCUT2D eigenvalue weighted by Gasteiger charge is -2.53. The maximum atomic E-state index is 12.1. The zero-order valence-corrected chi connectivity index (χ0v) is 14.7. The van der Waals surface area contributed by atoms with Gasteiger partial charge in [-0.15, -0.1) is 0 Å². The lowest BCUT2D eigenvalue weighted by atomic mass is 9.84. The van der Waals surface area contributed by atoms with Crippen LogP contribution in [-0.2, 0) is 20.8 Å². The Morgan fingerprint density at radius 2 is 2.16 bits per heavy atom.